The number of nitrogens with one attached hydrogen (secondary N) is 6. The summed E-state index contributed by atoms with van der Waals surface area (Å²) < 4.78 is 57.4. The van der Waals surface area contributed by atoms with E-state index < -0.39 is 135 Å². The van der Waals surface area contributed by atoms with Crippen LogP contribution in [0.15, 0.2) is 0 Å². The molecule has 0 saturated carbocycles. The molecule has 3 fully saturated rings. The Kier molecular flexibility index (Phi) is 37.4. The lowest BCUT2D eigenvalue weighted by molar-refractivity contribution is -0.282. The molecule has 0 aliphatic carbocycles. The van der Waals surface area contributed by atoms with Gasteiger partial charge in [0.2, 0.25) is 35.4 Å². The summed E-state index contributed by atoms with van der Waals surface area (Å²) in [5, 5.41) is 107. The number of hydrogen-bond donors (Lipinski definition) is 15. The zero-order chi connectivity index (χ0) is 63.6. The van der Waals surface area contributed by atoms with Crippen molar-refractivity contribution in [1.82, 2.24) is 31.9 Å². The lowest BCUT2D eigenvalue weighted by Gasteiger charge is -2.42. The normalized spacial score (nSPS) is 28.3. The van der Waals surface area contributed by atoms with Crippen molar-refractivity contribution in [3.63, 3.8) is 0 Å². The Hall–Kier alpha value is -3.94. The van der Waals surface area contributed by atoms with Gasteiger partial charge in [0.15, 0.2) is 18.9 Å². The third-order valence-electron chi connectivity index (χ3n) is 14.3. The average molecular weight is 1250 g/mol. The number of rotatable bonds is 44. The fraction of sp³-hybridized carbons (Fsp3) is 0.891. The van der Waals surface area contributed by atoms with Crippen molar-refractivity contribution in [2.45, 2.75) is 190 Å². The van der Waals surface area contributed by atoms with Crippen LogP contribution in [0.1, 0.15) is 98.8 Å². The fourth-order valence-electron chi connectivity index (χ4n) is 9.20. The highest BCUT2D eigenvalue weighted by Crippen LogP contribution is 2.28. The number of aliphatic hydroxyl groups excluding tert-OH is 9. The number of aliphatic hydroxyl groups is 9. The Morgan fingerprint density at radius 3 is 1.19 bits per heavy atom. The van der Waals surface area contributed by atoms with Crippen molar-refractivity contribution in [3.8, 4) is 0 Å². The Balaban J connectivity index is 1.63. The molecule has 3 rings (SSSR count). The van der Waals surface area contributed by atoms with E-state index in [-0.39, 0.29) is 148 Å². The fourth-order valence-corrected chi connectivity index (χ4v) is 9.20. The third-order valence-corrected chi connectivity index (χ3v) is 14.3. The smallest absolute Gasteiger partial charge is 0.222 e. The molecular weight excluding hydrogens is 1140 g/mol. The minimum Gasteiger partial charge on any atom is -0.394 e. The van der Waals surface area contributed by atoms with Crippen LogP contribution in [-0.4, -0.2) is 285 Å². The average Bonchev–Trinajstić information content (AvgIpc) is 3.59. The molecule has 0 spiro atoms. The van der Waals surface area contributed by atoms with Crippen LogP contribution >= 0.6 is 0 Å². The second kappa shape index (κ2) is 42.1. The maximum Gasteiger partial charge on any atom is 0.222 e. The molecule has 500 valence electrons. The summed E-state index contributed by atoms with van der Waals surface area (Å²) in [6.07, 6.45) is -12.8. The van der Waals surface area contributed by atoms with Gasteiger partial charge in [-0.2, -0.15) is 0 Å². The van der Waals surface area contributed by atoms with Gasteiger partial charge in [0.05, 0.1) is 97.6 Å². The molecule has 6 amide bonds. The van der Waals surface area contributed by atoms with Gasteiger partial charge < -0.3 is 125 Å². The molecule has 31 nitrogen and oxygen atoms in total. The molecule has 15 atom stereocenters. The van der Waals surface area contributed by atoms with E-state index in [1.165, 1.54) is 6.92 Å². The number of amides is 6. The van der Waals surface area contributed by atoms with Crippen molar-refractivity contribution < 1.29 is 122 Å². The second-order valence-electron chi connectivity index (χ2n) is 22.0. The Morgan fingerprint density at radius 1 is 0.453 bits per heavy atom. The summed E-state index contributed by atoms with van der Waals surface area (Å²) in [4.78, 5) is 77.0. The van der Waals surface area contributed by atoms with Crippen LogP contribution in [-0.2, 0) is 76.1 Å². The third kappa shape index (κ3) is 28.3. The van der Waals surface area contributed by atoms with Crippen LogP contribution in [0.2, 0.25) is 0 Å². The Bertz CT molecular complexity index is 1880. The van der Waals surface area contributed by atoms with Gasteiger partial charge in [-0.3, -0.25) is 28.8 Å². The zero-order valence-corrected chi connectivity index (χ0v) is 50.4. The maximum atomic E-state index is 13.7. The van der Waals surface area contributed by atoms with E-state index in [1.54, 1.807) is 13.8 Å². The molecular formula is C55H100N6O25. The van der Waals surface area contributed by atoms with E-state index in [1.807, 2.05) is 13.8 Å². The van der Waals surface area contributed by atoms with E-state index >= 15 is 0 Å². The second-order valence-corrected chi connectivity index (χ2v) is 22.0. The minimum atomic E-state index is -1.50. The first kappa shape index (κ1) is 76.3. The standard InChI is InChI=1S/C55H100N6O25/c1-33(2)80-20-7-16-56-40(66)11-6-12-44(70)61-55(30-77-24-13-41(67)57-17-8-21-81-52-34(3)46(71)48(73)37(27-62)84-52,31-78-25-14-42(68)58-18-9-22-82-53-35(4)47(72)49(74)38(28-63)85-53)32-79-26-15-43(69)59-19-10-23-83-54-45(60-36(5)65)51(76)50(75)39(29-64)86-54/h33-35,37-39,45-54,62-64,71-76H,6-32H2,1-5H3,(H,56,66)(H,57,67)(H,58,68)(H,59,69)(H,60,65)(H,61,70)/t34?,35?,37?,38?,39?,45?,46-,47-,48+,49+,50+,51-,52-,53-,54-,55?/m1/s1. The van der Waals surface area contributed by atoms with Crippen LogP contribution < -0.4 is 31.9 Å². The number of hydrogen-bond acceptors (Lipinski definition) is 25. The van der Waals surface area contributed by atoms with Gasteiger partial charge in [-0.15, -0.1) is 0 Å². The first-order valence-corrected chi connectivity index (χ1v) is 29.8. The molecule has 15 N–H and O–H groups in total. The lowest BCUT2D eigenvalue weighted by atomic mass is 9.92. The molecule has 3 heterocycles. The molecule has 3 saturated heterocycles. The number of carbonyl (C=O) groups excluding carboxylic acids is 6. The predicted molar refractivity (Wildman–Crippen MR) is 300 cm³/mol. The molecule has 0 aromatic carbocycles. The van der Waals surface area contributed by atoms with E-state index in [4.69, 9.17) is 47.4 Å². The number of ether oxygens (including phenoxy) is 10. The largest absolute Gasteiger partial charge is 0.394 e. The molecule has 6 unspecified atom stereocenters. The zero-order valence-electron chi connectivity index (χ0n) is 50.4. The Labute approximate surface area is 502 Å². The number of carbonyl (C=O) groups is 6. The first-order chi connectivity index (χ1) is 41.1. The molecule has 86 heavy (non-hydrogen) atoms. The van der Waals surface area contributed by atoms with E-state index in [0.717, 1.165) is 0 Å². The van der Waals surface area contributed by atoms with Gasteiger partial charge in [0, 0.05) is 83.6 Å². The van der Waals surface area contributed by atoms with E-state index in [9.17, 15) is 74.7 Å². The lowest BCUT2D eigenvalue weighted by Crippen LogP contribution is -2.64. The van der Waals surface area contributed by atoms with Crippen LogP contribution in [0.5, 0.6) is 0 Å². The van der Waals surface area contributed by atoms with Crippen molar-refractivity contribution in [2.75, 3.05) is 112 Å². The van der Waals surface area contributed by atoms with Gasteiger partial charge in [-0.25, -0.2) is 0 Å². The highest BCUT2D eigenvalue weighted by atomic mass is 16.7. The van der Waals surface area contributed by atoms with Crippen LogP contribution in [0.4, 0.5) is 0 Å². The van der Waals surface area contributed by atoms with Crippen molar-refractivity contribution in [3.05, 3.63) is 0 Å². The molecule has 0 aromatic heterocycles. The quantitative estimate of drug-likeness (QED) is 0.0254. The van der Waals surface area contributed by atoms with Crippen LogP contribution in [0, 0.1) is 11.8 Å². The highest BCUT2D eigenvalue weighted by molar-refractivity contribution is 5.79. The molecule has 3 aliphatic rings. The van der Waals surface area contributed by atoms with Gasteiger partial charge >= 0.3 is 0 Å². The SMILES string of the molecule is CC(=O)NC1[C@H](OCCCNC(=O)CCOCC(COCCC(=O)NCCCO[C@@H]2OC(CO)[C@H](O)[C@H](O)C2C)(COCCC(=O)NCCCO[C@@H]2OC(CO)[C@H](O)[C@H](O)C2C)NC(=O)CCCC(=O)NCCCOC(C)C)OC(CO)[C@H](O)[C@@H]1O. The Morgan fingerprint density at radius 2 is 0.802 bits per heavy atom. The monoisotopic (exact) mass is 1240 g/mol. The van der Waals surface area contributed by atoms with Gasteiger partial charge in [-0.1, -0.05) is 13.8 Å². The molecule has 0 radical (unpaired) electrons. The summed E-state index contributed by atoms with van der Waals surface area (Å²) >= 11 is 0. The summed E-state index contributed by atoms with van der Waals surface area (Å²) in [6.45, 7) is 6.93. The first-order valence-electron chi connectivity index (χ1n) is 29.8. The van der Waals surface area contributed by atoms with Gasteiger partial charge in [0.25, 0.3) is 0 Å². The van der Waals surface area contributed by atoms with E-state index in [2.05, 4.69) is 31.9 Å². The summed E-state index contributed by atoms with van der Waals surface area (Å²) in [6, 6.07) is -1.14. The van der Waals surface area contributed by atoms with Crippen LogP contribution in [0.25, 0.3) is 0 Å². The van der Waals surface area contributed by atoms with Crippen molar-refractivity contribution in [2.24, 2.45) is 11.8 Å². The van der Waals surface area contributed by atoms with Gasteiger partial charge in [0.1, 0.15) is 54.3 Å². The maximum absolute atomic E-state index is 13.7. The summed E-state index contributed by atoms with van der Waals surface area (Å²) in [7, 11) is 0. The van der Waals surface area contributed by atoms with Crippen molar-refractivity contribution in [1.29, 1.82) is 0 Å². The van der Waals surface area contributed by atoms with Crippen molar-refractivity contribution >= 4 is 35.4 Å². The molecule has 0 bridgehead atoms. The summed E-state index contributed by atoms with van der Waals surface area (Å²) in [5.74, 6) is -3.65. The highest BCUT2D eigenvalue weighted by Gasteiger charge is 2.46. The minimum absolute atomic E-state index is 0.0171. The topological polar surface area (TPSA) is 449 Å². The summed E-state index contributed by atoms with van der Waals surface area (Å²) in [5.41, 5.74) is -1.48. The molecule has 0 aromatic rings. The molecule has 3 aliphatic heterocycles. The predicted octanol–water partition coefficient (Wildman–Crippen LogP) is -5.17. The van der Waals surface area contributed by atoms with Gasteiger partial charge in [-0.05, 0) is 46.0 Å². The van der Waals surface area contributed by atoms with Crippen LogP contribution in [0.3, 0.4) is 0 Å². The van der Waals surface area contributed by atoms with E-state index in [0.29, 0.717) is 32.4 Å². The molecule has 31 heteroatoms.